The van der Waals surface area contributed by atoms with Crippen LogP contribution in [0.2, 0.25) is 0 Å². The van der Waals surface area contributed by atoms with Crippen LogP contribution in [0.5, 0.6) is 0 Å². The van der Waals surface area contributed by atoms with Gasteiger partial charge in [-0.15, -0.1) is 0 Å². The number of fused-ring (bicyclic) bond motifs is 7. The van der Waals surface area contributed by atoms with Crippen LogP contribution in [-0.2, 0) is 0 Å². The summed E-state index contributed by atoms with van der Waals surface area (Å²) in [5.41, 5.74) is 4.97. The highest BCUT2D eigenvalue weighted by Crippen LogP contribution is 2.37. The van der Waals surface area contributed by atoms with E-state index >= 15 is 0 Å². The fraction of sp³-hybridized carbons (Fsp3) is 0. The summed E-state index contributed by atoms with van der Waals surface area (Å²) in [6.45, 7) is 0. The molecule has 0 radical (unpaired) electrons. The van der Waals surface area contributed by atoms with Crippen LogP contribution in [0.3, 0.4) is 0 Å². The molecule has 3 heterocycles. The van der Waals surface area contributed by atoms with E-state index in [1.54, 1.807) is 0 Å². The van der Waals surface area contributed by atoms with Crippen molar-refractivity contribution in [1.82, 2.24) is 19.9 Å². The van der Waals surface area contributed by atoms with Crippen LogP contribution >= 0.6 is 0 Å². The fourth-order valence-electron chi connectivity index (χ4n) is 6.02. The van der Waals surface area contributed by atoms with Crippen LogP contribution in [0, 0.1) is 0 Å². The number of para-hydroxylation sites is 1. The Labute approximate surface area is 246 Å². The summed E-state index contributed by atoms with van der Waals surface area (Å²) in [4.78, 5) is 19.9. The highest BCUT2D eigenvalue weighted by molar-refractivity contribution is 6.13. The highest BCUT2D eigenvalue weighted by atomic mass is 16.3. The van der Waals surface area contributed by atoms with Crippen LogP contribution in [0.15, 0.2) is 138 Å². The van der Waals surface area contributed by atoms with Crippen molar-refractivity contribution in [3.63, 3.8) is 0 Å². The van der Waals surface area contributed by atoms with Crippen LogP contribution in [0.4, 0.5) is 0 Å². The van der Waals surface area contributed by atoms with Crippen molar-refractivity contribution < 1.29 is 4.42 Å². The minimum Gasteiger partial charge on any atom is -0.438 e. The van der Waals surface area contributed by atoms with Crippen LogP contribution < -0.4 is 0 Å². The summed E-state index contributed by atoms with van der Waals surface area (Å²) in [5, 5.41) is 7.68. The number of hydrogen-bond donors (Lipinski definition) is 0. The molecular weight excluding hydrogens is 528 g/mol. The Hall–Kier alpha value is -5.94. The number of pyridine rings is 1. The van der Waals surface area contributed by atoms with E-state index < -0.39 is 0 Å². The van der Waals surface area contributed by atoms with Crippen molar-refractivity contribution in [2.45, 2.75) is 0 Å². The summed E-state index contributed by atoms with van der Waals surface area (Å²) in [6, 6.07) is 45.5. The topological polar surface area (TPSA) is 64.7 Å². The first kappa shape index (κ1) is 23.7. The molecular formula is C38H22N4O. The minimum atomic E-state index is 0.586. The first-order chi connectivity index (χ1) is 21.3. The van der Waals surface area contributed by atoms with Crippen molar-refractivity contribution in [1.29, 1.82) is 0 Å². The Morgan fingerprint density at radius 3 is 2.00 bits per heavy atom. The van der Waals surface area contributed by atoms with E-state index in [-0.39, 0.29) is 0 Å². The van der Waals surface area contributed by atoms with Crippen molar-refractivity contribution in [3.05, 3.63) is 133 Å². The van der Waals surface area contributed by atoms with Crippen molar-refractivity contribution >= 4 is 54.5 Å². The minimum absolute atomic E-state index is 0.586. The van der Waals surface area contributed by atoms with E-state index in [4.69, 9.17) is 24.4 Å². The molecule has 0 atom stereocenters. The summed E-state index contributed by atoms with van der Waals surface area (Å²) in [6.07, 6.45) is 0. The molecule has 0 saturated carbocycles. The summed E-state index contributed by atoms with van der Waals surface area (Å²) < 4.78 is 6.26. The van der Waals surface area contributed by atoms with Gasteiger partial charge in [0, 0.05) is 32.8 Å². The zero-order valence-electron chi connectivity index (χ0n) is 22.9. The Kier molecular flexibility index (Phi) is 5.13. The maximum atomic E-state index is 6.26. The van der Waals surface area contributed by atoms with E-state index in [2.05, 4.69) is 66.7 Å². The molecule has 200 valence electrons. The number of benzene rings is 6. The van der Waals surface area contributed by atoms with Gasteiger partial charge in [0.2, 0.25) is 5.71 Å². The maximum absolute atomic E-state index is 6.26. The van der Waals surface area contributed by atoms with Gasteiger partial charge in [0.1, 0.15) is 5.58 Å². The first-order valence-corrected chi connectivity index (χ1v) is 14.2. The van der Waals surface area contributed by atoms with Crippen molar-refractivity contribution in [2.24, 2.45) is 0 Å². The van der Waals surface area contributed by atoms with Crippen molar-refractivity contribution in [2.75, 3.05) is 0 Å². The lowest BCUT2D eigenvalue weighted by Gasteiger charge is -2.10. The molecule has 0 aliphatic carbocycles. The third kappa shape index (κ3) is 3.86. The lowest BCUT2D eigenvalue weighted by molar-refractivity contribution is 0.656. The largest absolute Gasteiger partial charge is 0.438 e. The zero-order chi connectivity index (χ0) is 28.3. The highest BCUT2D eigenvalue weighted by Gasteiger charge is 2.19. The second kappa shape index (κ2) is 9.29. The van der Waals surface area contributed by atoms with Gasteiger partial charge < -0.3 is 4.42 Å². The summed E-state index contributed by atoms with van der Waals surface area (Å²) in [7, 11) is 0. The van der Waals surface area contributed by atoms with Crippen LogP contribution in [-0.4, -0.2) is 19.9 Å². The van der Waals surface area contributed by atoms with Crippen molar-refractivity contribution in [3.8, 4) is 34.2 Å². The Morgan fingerprint density at radius 1 is 0.419 bits per heavy atom. The monoisotopic (exact) mass is 550 g/mol. The Morgan fingerprint density at radius 2 is 1.12 bits per heavy atom. The van der Waals surface area contributed by atoms with Gasteiger partial charge in [-0.05, 0) is 45.8 Å². The van der Waals surface area contributed by atoms with Gasteiger partial charge in [-0.2, -0.15) is 0 Å². The first-order valence-electron chi connectivity index (χ1n) is 14.2. The molecule has 0 saturated heterocycles. The molecule has 6 aromatic carbocycles. The molecule has 43 heavy (non-hydrogen) atoms. The average molecular weight is 551 g/mol. The normalized spacial score (nSPS) is 11.7. The van der Waals surface area contributed by atoms with Gasteiger partial charge in [0.05, 0.1) is 5.52 Å². The number of nitrogens with zero attached hydrogens (tertiary/aromatic N) is 4. The van der Waals surface area contributed by atoms with E-state index in [1.165, 1.54) is 21.5 Å². The average Bonchev–Trinajstić information content (AvgIpc) is 3.44. The molecule has 0 amide bonds. The van der Waals surface area contributed by atoms with Gasteiger partial charge in [-0.3, -0.25) is 0 Å². The number of aromatic nitrogens is 4. The molecule has 0 unspecified atom stereocenters. The van der Waals surface area contributed by atoms with E-state index in [1.807, 2.05) is 66.7 Å². The van der Waals surface area contributed by atoms with E-state index in [0.717, 1.165) is 43.9 Å². The molecule has 0 aliphatic heterocycles. The Balaban J connectivity index is 1.32. The SMILES string of the molecule is c1ccc(-c2nc(-c3ccc4ccc5ccccc5c4c3)nc(-c3cccc4oc5nc6ccccc6cc5c34)n2)cc1. The van der Waals surface area contributed by atoms with E-state index in [0.29, 0.717) is 23.2 Å². The van der Waals surface area contributed by atoms with Crippen LogP contribution in [0.25, 0.3) is 88.7 Å². The maximum Gasteiger partial charge on any atom is 0.227 e. The lowest BCUT2D eigenvalue weighted by atomic mass is 9.99. The number of rotatable bonds is 3. The quantitative estimate of drug-likeness (QED) is 0.205. The molecule has 9 rings (SSSR count). The molecule has 0 bridgehead atoms. The van der Waals surface area contributed by atoms with Gasteiger partial charge in [-0.25, -0.2) is 19.9 Å². The summed E-state index contributed by atoms with van der Waals surface area (Å²) >= 11 is 0. The fourth-order valence-corrected chi connectivity index (χ4v) is 6.02. The summed E-state index contributed by atoms with van der Waals surface area (Å²) in [5.74, 6) is 1.82. The van der Waals surface area contributed by atoms with Gasteiger partial charge in [0.15, 0.2) is 17.5 Å². The molecule has 9 aromatic rings. The zero-order valence-corrected chi connectivity index (χ0v) is 22.9. The molecule has 5 heteroatoms. The molecule has 0 N–H and O–H groups in total. The molecule has 0 fully saturated rings. The predicted molar refractivity (Wildman–Crippen MR) is 174 cm³/mol. The second-order valence-electron chi connectivity index (χ2n) is 10.7. The lowest BCUT2D eigenvalue weighted by Crippen LogP contribution is -2.00. The van der Waals surface area contributed by atoms with Gasteiger partial charge in [0.25, 0.3) is 0 Å². The third-order valence-electron chi connectivity index (χ3n) is 8.10. The second-order valence-corrected chi connectivity index (χ2v) is 10.7. The van der Waals surface area contributed by atoms with Crippen LogP contribution in [0.1, 0.15) is 0 Å². The molecule has 0 spiro atoms. The molecule has 3 aromatic heterocycles. The number of hydrogen-bond acceptors (Lipinski definition) is 5. The van der Waals surface area contributed by atoms with E-state index in [9.17, 15) is 0 Å². The smallest absolute Gasteiger partial charge is 0.227 e. The van der Waals surface area contributed by atoms with Gasteiger partial charge in [-0.1, -0.05) is 109 Å². The van der Waals surface area contributed by atoms with Gasteiger partial charge >= 0.3 is 0 Å². The standard InChI is InChI=1S/C38H22N4O/c1-2-10-25(11-3-1)35-40-36(27-20-19-24-18-17-23-9-4-6-13-28(23)30(24)22-27)42-37(41-35)29-14-8-16-33-34(29)31-21-26-12-5-7-15-32(26)39-38(31)43-33/h1-22H. The predicted octanol–water partition coefficient (Wildman–Crippen LogP) is 9.63. The molecule has 0 aliphatic rings. The third-order valence-corrected chi connectivity index (χ3v) is 8.10. The molecule has 5 nitrogen and oxygen atoms in total. The number of furan rings is 1. The Bertz CT molecular complexity index is 2520.